The van der Waals surface area contributed by atoms with Crippen molar-refractivity contribution in [2.24, 2.45) is 40.4 Å². The summed E-state index contributed by atoms with van der Waals surface area (Å²) in [5.41, 5.74) is 1.72. The molecule has 28 heavy (non-hydrogen) atoms. The first kappa shape index (κ1) is 20.6. The summed E-state index contributed by atoms with van der Waals surface area (Å²) in [5.74, 6) is 4.45. The molecule has 0 aromatic heterocycles. The molecule has 4 unspecified atom stereocenters. The third-order valence-electron chi connectivity index (χ3n) is 9.91. The highest BCUT2D eigenvalue weighted by Crippen LogP contribution is 2.67. The number of Topliss-reactive ketones (excluding diaryl/α,β-unsaturated/α-hetero) is 1. The van der Waals surface area contributed by atoms with Gasteiger partial charge in [0.05, 0.1) is 5.60 Å². The van der Waals surface area contributed by atoms with E-state index in [4.69, 9.17) is 0 Å². The van der Waals surface area contributed by atoms with E-state index in [1.807, 2.05) is 13.8 Å². The van der Waals surface area contributed by atoms with Crippen LogP contribution in [0.2, 0.25) is 0 Å². The zero-order chi connectivity index (χ0) is 20.3. The van der Waals surface area contributed by atoms with E-state index in [9.17, 15) is 9.90 Å². The van der Waals surface area contributed by atoms with E-state index >= 15 is 0 Å². The molecule has 7 atom stereocenters. The predicted octanol–water partition coefficient (Wildman–Crippen LogP) is 6.32. The molecule has 3 fully saturated rings. The molecule has 2 nitrogen and oxygen atoms in total. The first-order valence-electron chi connectivity index (χ1n) is 12.0. The van der Waals surface area contributed by atoms with Gasteiger partial charge < -0.3 is 5.11 Å². The van der Waals surface area contributed by atoms with Gasteiger partial charge in [-0.3, -0.25) is 4.79 Å². The molecular weight excluding hydrogens is 344 g/mol. The molecule has 1 N–H and O–H groups in total. The summed E-state index contributed by atoms with van der Waals surface area (Å²) in [6, 6.07) is 0. The summed E-state index contributed by atoms with van der Waals surface area (Å²) in [5, 5.41) is 10.2. The van der Waals surface area contributed by atoms with Crippen LogP contribution in [0.1, 0.15) is 98.8 Å². The van der Waals surface area contributed by atoms with E-state index in [0.29, 0.717) is 22.5 Å². The smallest absolute Gasteiger partial charge is 0.136 e. The molecule has 0 spiro atoms. The van der Waals surface area contributed by atoms with Gasteiger partial charge >= 0.3 is 0 Å². The van der Waals surface area contributed by atoms with Gasteiger partial charge in [-0.05, 0) is 106 Å². The van der Waals surface area contributed by atoms with Gasteiger partial charge in [0.2, 0.25) is 0 Å². The third kappa shape index (κ3) is 3.32. The number of hydrogen-bond donors (Lipinski definition) is 1. The van der Waals surface area contributed by atoms with E-state index in [2.05, 4.69) is 26.8 Å². The first-order chi connectivity index (χ1) is 13.0. The molecule has 0 heterocycles. The Hall–Kier alpha value is -0.630. The number of carbonyl (C=O) groups excluding carboxylic acids is 1. The minimum absolute atomic E-state index is 0.294. The van der Waals surface area contributed by atoms with Gasteiger partial charge in [0.25, 0.3) is 0 Å². The summed E-state index contributed by atoms with van der Waals surface area (Å²) in [6.07, 6.45) is 13.9. The summed E-state index contributed by atoms with van der Waals surface area (Å²) in [4.78, 5) is 12.0. The molecule has 4 rings (SSSR count). The van der Waals surface area contributed by atoms with Crippen molar-refractivity contribution in [1.82, 2.24) is 0 Å². The third-order valence-corrected chi connectivity index (χ3v) is 9.91. The van der Waals surface area contributed by atoms with Crippen LogP contribution < -0.4 is 0 Å². The summed E-state index contributed by atoms with van der Waals surface area (Å²) in [7, 11) is 0. The molecule has 4 aliphatic carbocycles. The maximum Gasteiger partial charge on any atom is 0.136 e. The largest absolute Gasteiger partial charge is 0.390 e. The van der Waals surface area contributed by atoms with Crippen LogP contribution >= 0.6 is 0 Å². The highest BCUT2D eigenvalue weighted by molar-refractivity contribution is 5.82. The van der Waals surface area contributed by atoms with E-state index in [-0.39, 0.29) is 0 Å². The standard InChI is InChI=1S/C26H42O2/c1-17(10-13-24(2,3)28)21-8-9-22-20-7-6-18-16-19(27)11-14-25(18,4)23(20)12-15-26(21,22)5/h6,17,20-23,28H,7-16H2,1-5H3/t17-,20?,21?,22?,23?,25+,26-/m1/s1. The van der Waals surface area contributed by atoms with Crippen molar-refractivity contribution in [3.63, 3.8) is 0 Å². The Morgan fingerprint density at radius 2 is 1.93 bits per heavy atom. The molecule has 4 aliphatic rings. The van der Waals surface area contributed by atoms with Crippen LogP contribution in [0.4, 0.5) is 0 Å². The van der Waals surface area contributed by atoms with E-state index in [0.717, 1.165) is 55.8 Å². The molecule has 3 saturated carbocycles. The van der Waals surface area contributed by atoms with Gasteiger partial charge in [-0.2, -0.15) is 0 Å². The fourth-order valence-electron chi connectivity index (χ4n) is 8.23. The Kier molecular flexibility index (Phi) is 5.13. The zero-order valence-electron chi connectivity index (χ0n) is 18.9. The second-order valence-corrected chi connectivity index (χ2v) is 12.0. The molecule has 0 aromatic rings. The van der Waals surface area contributed by atoms with Gasteiger partial charge in [0, 0.05) is 12.8 Å². The molecule has 0 aromatic carbocycles. The van der Waals surface area contributed by atoms with Gasteiger partial charge in [-0.1, -0.05) is 32.4 Å². The fraction of sp³-hybridized carbons (Fsp3) is 0.885. The lowest BCUT2D eigenvalue weighted by Gasteiger charge is -2.58. The second-order valence-electron chi connectivity index (χ2n) is 12.0. The van der Waals surface area contributed by atoms with Crippen LogP contribution in [-0.2, 0) is 4.79 Å². The Morgan fingerprint density at radius 1 is 1.18 bits per heavy atom. The quantitative estimate of drug-likeness (QED) is 0.574. The maximum absolute atomic E-state index is 12.0. The van der Waals surface area contributed by atoms with E-state index < -0.39 is 5.60 Å². The first-order valence-corrected chi connectivity index (χ1v) is 12.0. The minimum Gasteiger partial charge on any atom is -0.390 e. The van der Waals surface area contributed by atoms with Crippen molar-refractivity contribution in [2.75, 3.05) is 0 Å². The number of allylic oxidation sites excluding steroid dienone is 2. The topological polar surface area (TPSA) is 37.3 Å². The van der Waals surface area contributed by atoms with Crippen molar-refractivity contribution in [3.8, 4) is 0 Å². The summed E-state index contributed by atoms with van der Waals surface area (Å²) < 4.78 is 0. The van der Waals surface area contributed by atoms with Crippen molar-refractivity contribution in [3.05, 3.63) is 11.6 Å². The van der Waals surface area contributed by atoms with Crippen molar-refractivity contribution < 1.29 is 9.90 Å². The molecule has 0 radical (unpaired) electrons. The lowest BCUT2D eigenvalue weighted by molar-refractivity contribution is -0.122. The van der Waals surface area contributed by atoms with Crippen molar-refractivity contribution in [1.29, 1.82) is 0 Å². The number of rotatable bonds is 4. The summed E-state index contributed by atoms with van der Waals surface area (Å²) >= 11 is 0. The molecule has 0 aliphatic heterocycles. The zero-order valence-corrected chi connectivity index (χ0v) is 18.9. The van der Waals surface area contributed by atoms with Crippen LogP contribution in [0.25, 0.3) is 0 Å². The Morgan fingerprint density at radius 3 is 2.64 bits per heavy atom. The Bertz CT molecular complexity index is 656. The van der Waals surface area contributed by atoms with Crippen LogP contribution in [0, 0.1) is 40.4 Å². The van der Waals surface area contributed by atoms with Crippen LogP contribution in [0.3, 0.4) is 0 Å². The lowest BCUT2D eigenvalue weighted by Crippen LogP contribution is -2.50. The van der Waals surface area contributed by atoms with Gasteiger partial charge in [-0.25, -0.2) is 0 Å². The number of fused-ring (bicyclic) bond motifs is 5. The molecule has 0 saturated heterocycles. The Labute approximate surface area is 172 Å². The van der Waals surface area contributed by atoms with E-state index in [1.165, 1.54) is 37.7 Å². The maximum atomic E-state index is 12.0. The second kappa shape index (κ2) is 6.96. The van der Waals surface area contributed by atoms with Crippen molar-refractivity contribution in [2.45, 2.75) is 104 Å². The average molecular weight is 387 g/mol. The monoisotopic (exact) mass is 386 g/mol. The highest BCUT2D eigenvalue weighted by atomic mass is 16.3. The van der Waals surface area contributed by atoms with Crippen LogP contribution in [0.15, 0.2) is 11.6 Å². The molecular formula is C26H42O2. The van der Waals surface area contributed by atoms with Gasteiger partial charge in [0.1, 0.15) is 5.78 Å². The van der Waals surface area contributed by atoms with Crippen LogP contribution in [0.5, 0.6) is 0 Å². The Balaban J connectivity index is 1.53. The fourth-order valence-corrected chi connectivity index (χ4v) is 8.23. The van der Waals surface area contributed by atoms with Crippen LogP contribution in [-0.4, -0.2) is 16.5 Å². The normalized spacial score (nSPS) is 44.4. The van der Waals surface area contributed by atoms with Gasteiger partial charge in [0.15, 0.2) is 0 Å². The van der Waals surface area contributed by atoms with E-state index in [1.54, 1.807) is 0 Å². The summed E-state index contributed by atoms with van der Waals surface area (Å²) in [6.45, 7) is 11.4. The molecule has 0 amide bonds. The predicted molar refractivity (Wildman–Crippen MR) is 115 cm³/mol. The molecule has 2 heteroatoms. The number of hydrogen-bond acceptors (Lipinski definition) is 2. The van der Waals surface area contributed by atoms with Crippen molar-refractivity contribution >= 4 is 5.78 Å². The number of carbonyl (C=O) groups is 1. The lowest BCUT2D eigenvalue weighted by atomic mass is 9.47. The average Bonchev–Trinajstić information content (AvgIpc) is 2.97. The SMILES string of the molecule is C[C@H](CCC(C)(C)O)C1CCC2C3CC=C4CC(=O)CC[C@]4(C)C3CC[C@@]21C. The molecule has 0 bridgehead atoms. The highest BCUT2D eigenvalue weighted by Gasteiger charge is 2.59. The number of ketones is 1. The molecule has 158 valence electrons. The van der Waals surface area contributed by atoms with Gasteiger partial charge in [-0.15, -0.1) is 0 Å². The minimum atomic E-state index is -0.539. The number of aliphatic hydroxyl groups is 1.